The summed E-state index contributed by atoms with van der Waals surface area (Å²) in [5, 5.41) is 2.72. The molecular weight excluding hydrogens is 526 g/mol. The molecule has 0 fully saturated rings. The van der Waals surface area contributed by atoms with Gasteiger partial charge in [0, 0.05) is 23.6 Å². The number of sulfonamides is 1. The minimum absolute atomic E-state index is 0.142. The van der Waals surface area contributed by atoms with Gasteiger partial charge in [-0.05, 0) is 43.7 Å². The van der Waals surface area contributed by atoms with Crippen LogP contribution < -0.4 is 19.1 Å². The maximum Gasteiger partial charge on any atom is 0.244 e. The number of fused-ring (bicyclic) bond motifs is 1. The van der Waals surface area contributed by atoms with Gasteiger partial charge in [-0.15, -0.1) is 0 Å². The van der Waals surface area contributed by atoms with Gasteiger partial charge in [-0.2, -0.15) is 0 Å². The molecule has 2 aromatic carbocycles. The summed E-state index contributed by atoms with van der Waals surface area (Å²) < 4.78 is 38.3. The Labute approximate surface area is 208 Å². The highest BCUT2D eigenvalue weighted by atomic mass is 79.9. The fourth-order valence-corrected chi connectivity index (χ4v) is 4.60. The Morgan fingerprint density at radius 3 is 2.35 bits per heavy atom. The Bertz CT molecular complexity index is 1140. The molecule has 0 spiro atoms. The number of anilines is 1. The largest absolute Gasteiger partial charge is 0.486 e. The van der Waals surface area contributed by atoms with E-state index in [-0.39, 0.29) is 18.1 Å². The van der Waals surface area contributed by atoms with Crippen molar-refractivity contribution in [3.05, 3.63) is 52.5 Å². The number of amides is 2. The maximum atomic E-state index is 13.5. The van der Waals surface area contributed by atoms with Gasteiger partial charge < -0.3 is 19.7 Å². The lowest BCUT2D eigenvalue weighted by molar-refractivity contribution is -0.139. The molecule has 2 aromatic rings. The number of rotatable bonds is 9. The van der Waals surface area contributed by atoms with Gasteiger partial charge in [0.25, 0.3) is 0 Å². The second-order valence-corrected chi connectivity index (χ2v) is 10.6. The van der Waals surface area contributed by atoms with Crippen LogP contribution in [0.4, 0.5) is 5.69 Å². The highest BCUT2D eigenvalue weighted by molar-refractivity contribution is 9.10. The van der Waals surface area contributed by atoms with Crippen molar-refractivity contribution in [2.45, 2.75) is 26.4 Å². The summed E-state index contributed by atoms with van der Waals surface area (Å²) in [6.45, 7) is 4.25. The van der Waals surface area contributed by atoms with E-state index in [1.54, 1.807) is 26.0 Å². The fourth-order valence-electron chi connectivity index (χ4n) is 3.49. The van der Waals surface area contributed by atoms with Crippen molar-refractivity contribution >= 4 is 43.5 Å². The lowest BCUT2D eigenvalue weighted by Gasteiger charge is -2.31. The molecule has 9 nitrogen and oxygen atoms in total. The summed E-state index contributed by atoms with van der Waals surface area (Å²) in [4.78, 5) is 27.4. The first kappa shape index (κ1) is 25.8. The Hall–Kier alpha value is -2.79. The quantitative estimate of drug-likeness (QED) is 0.511. The Morgan fingerprint density at radius 1 is 1.09 bits per heavy atom. The molecule has 1 aliphatic rings. The average Bonchev–Trinajstić information content (AvgIpc) is 2.80. The van der Waals surface area contributed by atoms with Crippen LogP contribution in [0.5, 0.6) is 11.5 Å². The van der Waals surface area contributed by atoms with Crippen molar-refractivity contribution in [1.82, 2.24) is 10.2 Å². The van der Waals surface area contributed by atoms with Crippen LogP contribution in [-0.4, -0.2) is 63.7 Å². The van der Waals surface area contributed by atoms with E-state index in [1.165, 1.54) is 11.0 Å². The monoisotopic (exact) mass is 553 g/mol. The SMILES string of the molecule is CCNC(=O)[C@H](C)N(Cc1ccc(Br)cc1)C(=O)CN(c1ccc2c(c1)OCCO2)S(C)(=O)=O. The van der Waals surface area contributed by atoms with Crippen LogP contribution in [0.15, 0.2) is 46.9 Å². The zero-order valence-corrected chi connectivity index (χ0v) is 21.7. The molecule has 34 heavy (non-hydrogen) atoms. The summed E-state index contributed by atoms with van der Waals surface area (Å²) in [6, 6.07) is 11.3. The standard InChI is InChI=1S/C23H28BrN3O6S/c1-4-25-23(29)16(2)26(14-17-5-7-18(24)8-6-17)22(28)15-27(34(3,30)31)19-9-10-20-21(13-19)33-12-11-32-20/h5-10,13,16H,4,11-12,14-15H2,1-3H3,(H,25,29)/t16-/m0/s1. The number of hydrogen-bond donors (Lipinski definition) is 1. The number of halogens is 1. The summed E-state index contributed by atoms with van der Waals surface area (Å²) >= 11 is 3.38. The minimum Gasteiger partial charge on any atom is -0.486 e. The second kappa shape index (κ2) is 11.1. The summed E-state index contributed by atoms with van der Waals surface area (Å²) in [5.74, 6) is 0.0870. The molecule has 0 bridgehead atoms. The highest BCUT2D eigenvalue weighted by Crippen LogP contribution is 2.34. The Balaban J connectivity index is 1.91. The molecule has 184 valence electrons. The van der Waals surface area contributed by atoms with Gasteiger partial charge in [-0.3, -0.25) is 13.9 Å². The summed E-state index contributed by atoms with van der Waals surface area (Å²) in [7, 11) is -3.83. The Morgan fingerprint density at radius 2 is 1.74 bits per heavy atom. The van der Waals surface area contributed by atoms with E-state index in [1.807, 2.05) is 24.3 Å². The van der Waals surface area contributed by atoms with Gasteiger partial charge in [0.1, 0.15) is 25.8 Å². The van der Waals surface area contributed by atoms with E-state index in [0.29, 0.717) is 31.3 Å². The van der Waals surface area contributed by atoms with Crippen molar-refractivity contribution in [3.63, 3.8) is 0 Å². The predicted molar refractivity (Wildman–Crippen MR) is 132 cm³/mol. The molecule has 0 aromatic heterocycles. The lowest BCUT2D eigenvalue weighted by atomic mass is 10.1. The second-order valence-electron chi connectivity index (χ2n) is 7.82. The molecule has 0 radical (unpaired) electrons. The van der Waals surface area contributed by atoms with Gasteiger partial charge >= 0.3 is 0 Å². The smallest absolute Gasteiger partial charge is 0.244 e. The van der Waals surface area contributed by atoms with Gasteiger partial charge in [-0.25, -0.2) is 8.42 Å². The van der Waals surface area contributed by atoms with Crippen LogP contribution >= 0.6 is 15.9 Å². The number of nitrogens with zero attached hydrogens (tertiary/aromatic N) is 2. The number of nitrogens with one attached hydrogen (secondary N) is 1. The van der Waals surface area contributed by atoms with E-state index in [0.717, 1.165) is 20.6 Å². The van der Waals surface area contributed by atoms with Crippen LogP contribution in [0.3, 0.4) is 0 Å². The van der Waals surface area contributed by atoms with Crippen molar-refractivity contribution in [1.29, 1.82) is 0 Å². The maximum absolute atomic E-state index is 13.5. The third kappa shape index (κ3) is 6.41. The molecule has 0 saturated heterocycles. The molecule has 1 heterocycles. The third-order valence-corrected chi connectivity index (χ3v) is 6.95. The van der Waals surface area contributed by atoms with Crippen LogP contribution in [-0.2, 0) is 26.2 Å². The number of benzene rings is 2. The summed E-state index contributed by atoms with van der Waals surface area (Å²) in [6.07, 6.45) is 1.03. The first-order valence-corrected chi connectivity index (χ1v) is 13.4. The number of carbonyl (C=O) groups is 2. The first-order chi connectivity index (χ1) is 16.1. The van der Waals surface area contributed by atoms with E-state index >= 15 is 0 Å². The van der Waals surface area contributed by atoms with Crippen LogP contribution in [0, 0.1) is 0 Å². The molecule has 1 N–H and O–H groups in total. The number of likely N-dealkylation sites (N-methyl/N-ethyl adjacent to an activating group) is 1. The average molecular weight is 554 g/mol. The molecule has 0 saturated carbocycles. The third-order valence-electron chi connectivity index (χ3n) is 5.28. The van der Waals surface area contributed by atoms with Crippen LogP contribution in [0.1, 0.15) is 19.4 Å². The van der Waals surface area contributed by atoms with Gasteiger partial charge in [0.05, 0.1) is 11.9 Å². The van der Waals surface area contributed by atoms with Crippen molar-refractivity contribution in [2.75, 3.05) is 36.9 Å². The number of hydrogen-bond acceptors (Lipinski definition) is 6. The van der Waals surface area contributed by atoms with E-state index in [4.69, 9.17) is 9.47 Å². The zero-order chi connectivity index (χ0) is 24.9. The van der Waals surface area contributed by atoms with Gasteiger partial charge in [-0.1, -0.05) is 28.1 Å². The number of ether oxygens (including phenoxy) is 2. The van der Waals surface area contributed by atoms with Crippen LogP contribution in [0.25, 0.3) is 0 Å². The minimum atomic E-state index is -3.83. The molecular formula is C23H28BrN3O6S. The summed E-state index contributed by atoms with van der Waals surface area (Å²) in [5.41, 5.74) is 1.08. The van der Waals surface area contributed by atoms with Crippen molar-refractivity contribution in [3.8, 4) is 11.5 Å². The van der Waals surface area contributed by atoms with E-state index in [2.05, 4.69) is 21.2 Å². The number of carbonyl (C=O) groups excluding carboxylic acids is 2. The molecule has 11 heteroatoms. The molecule has 3 rings (SSSR count). The lowest BCUT2D eigenvalue weighted by Crippen LogP contribution is -2.51. The van der Waals surface area contributed by atoms with Gasteiger partial charge in [0.15, 0.2) is 11.5 Å². The Kier molecular flexibility index (Phi) is 8.42. The topological polar surface area (TPSA) is 105 Å². The molecule has 0 aliphatic carbocycles. The van der Waals surface area contributed by atoms with Crippen molar-refractivity contribution in [2.24, 2.45) is 0 Å². The van der Waals surface area contributed by atoms with E-state index < -0.39 is 28.5 Å². The van der Waals surface area contributed by atoms with Crippen molar-refractivity contribution < 1.29 is 27.5 Å². The van der Waals surface area contributed by atoms with E-state index in [9.17, 15) is 18.0 Å². The molecule has 2 amide bonds. The highest BCUT2D eigenvalue weighted by Gasteiger charge is 2.30. The molecule has 0 unspecified atom stereocenters. The molecule has 1 aliphatic heterocycles. The normalized spacial score (nSPS) is 13.6. The first-order valence-electron chi connectivity index (χ1n) is 10.8. The zero-order valence-electron chi connectivity index (χ0n) is 19.3. The van der Waals surface area contributed by atoms with Gasteiger partial charge in [0.2, 0.25) is 21.8 Å². The molecule has 1 atom stereocenters. The predicted octanol–water partition coefficient (Wildman–Crippen LogP) is 2.54. The van der Waals surface area contributed by atoms with Crippen LogP contribution in [0.2, 0.25) is 0 Å². The fraction of sp³-hybridized carbons (Fsp3) is 0.391.